The standard InChI is InChI=1S/C33H32NO14S.Na/c1-16(35)26(41)28-32(42,18(3)37)33(43,19(4)38)31(34,17(2)36)29(47-28)46-25-7-5-6-24-27(25)49(44,45)48-30(24,20-8-12-22(39)13-9-20)21-10-14-23(40)15-11-21;/h5-6,8-15,26,28-29,39-43H,34H2,1-4H3;/t26?,28-,29-,31+,32-,33-;/m1./s1. The molecule has 0 aromatic heterocycles. The van der Waals surface area contributed by atoms with Crippen molar-refractivity contribution in [3.8, 4) is 17.2 Å². The summed E-state index contributed by atoms with van der Waals surface area (Å²) in [4.78, 5) is 51.5. The van der Waals surface area contributed by atoms with E-state index >= 15 is 0 Å². The van der Waals surface area contributed by atoms with Crippen molar-refractivity contribution < 1.29 is 66.8 Å². The van der Waals surface area contributed by atoms with Gasteiger partial charge in [0.1, 0.15) is 0 Å². The van der Waals surface area contributed by atoms with E-state index in [-0.39, 0.29) is 58.9 Å². The summed E-state index contributed by atoms with van der Waals surface area (Å²) in [5.41, 5.74) is -5.37. The Hall–Kier alpha value is -3.55. The number of hydrogen-bond acceptors (Lipinski definition) is 15. The van der Waals surface area contributed by atoms with Gasteiger partial charge in [0.25, 0.3) is 0 Å². The molecule has 0 radical (unpaired) electrons. The first-order chi connectivity index (χ1) is 23.1. The van der Waals surface area contributed by atoms with Crippen LogP contribution < -0.4 is 13.3 Å². The van der Waals surface area contributed by atoms with Crippen molar-refractivity contribution in [2.24, 2.45) is 5.73 Å². The summed E-state index contributed by atoms with van der Waals surface area (Å²) in [6.45, 7) is 3.09. The number of aliphatic hydroxyl groups excluding tert-OH is 1. The predicted octanol–water partition coefficient (Wildman–Crippen LogP) is -1.12. The average Bonchev–Trinajstić information content (AvgIpc) is 3.29. The number of ketones is 4. The number of rotatable bonds is 9. The summed E-state index contributed by atoms with van der Waals surface area (Å²) in [6.07, 6.45) is -7.28. The minimum atomic E-state index is -4.86. The number of carbonyl (C=O) groups is 4. The van der Waals surface area contributed by atoms with Crippen LogP contribution >= 0.6 is 0 Å². The molecule has 17 heteroatoms. The molecule has 2 aliphatic rings. The number of phenols is 2. The summed E-state index contributed by atoms with van der Waals surface area (Å²) in [6, 6.07) is 13.8. The summed E-state index contributed by atoms with van der Waals surface area (Å²) < 4.78 is 46.2. The number of fused-ring (bicyclic) bond motifs is 1. The molecule has 0 spiro atoms. The first-order valence-electron chi connectivity index (χ1n) is 15.1. The summed E-state index contributed by atoms with van der Waals surface area (Å²) in [5, 5.41) is 54.7. The maximum atomic E-state index is 14.2. The third kappa shape index (κ3) is 5.17. The van der Waals surface area contributed by atoms with E-state index in [0.29, 0.717) is 6.92 Å². The van der Waals surface area contributed by atoms with Crippen LogP contribution in [-0.4, -0.2) is 120 Å². The van der Waals surface area contributed by atoms with Gasteiger partial charge in [-0.05, 0) is 0 Å². The van der Waals surface area contributed by atoms with Crippen LogP contribution in [-0.2, 0) is 43.8 Å². The van der Waals surface area contributed by atoms with Crippen LogP contribution in [0.2, 0.25) is 0 Å². The Balaban J connectivity index is 1.82. The first-order valence-corrected chi connectivity index (χ1v) is 17.5. The Morgan fingerprint density at radius 1 is 0.840 bits per heavy atom. The van der Waals surface area contributed by atoms with Crippen LogP contribution in [0.5, 0.6) is 17.2 Å². The number of carbonyl (C=O) groups excluding carboxylic acids is 4. The third-order valence-electron chi connectivity index (χ3n) is 9.48. The number of ether oxygens (including phenoxy) is 2. The fraction of sp³-hybridized carbons (Fsp3) is 0.333. The monoisotopic (exact) mass is 721 g/mol. The van der Waals surface area contributed by atoms with E-state index in [0.717, 1.165) is 20.8 Å². The van der Waals surface area contributed by atoms with Crippen LogP contribution in [0.15, 0.2) is 65.6 Å². The summed E-state index contributed by atoms with van der Waals surface area (Å²) >= 11 is 0.0476. The quantitative estimate of drug-likeness (QED) is 0.113. The molecule has 3 aromatic carbocycles. The molecule has 0 aliphatic carbocycles. The normalized spacial score (nSPS) is 28.7. The fourth-order valence-corrected chi connectivity index (χ4v) is 9.09. The molecule has 15 nitrogen and oxygen atoms in total. The second-order valence-corrected chi connectivity index (χ2v) is 15.0. The van der Waals surface area contributed by atoms with Crippen LogP contribution in [0.4, 0.5) is 0 Å². The molecule has 260 valence electrons. The number of Topliss-reactive ketones (excluding diaryl/α,β-unsaturated/α-hetero) is 4. The van der Waals surface area contributed by atoms with Gasteiger partial charge < -0.3 is 0 Å². The van der Waals surface area contributed by atoms with Crippen molar-refractivity contribution >= 4 is 64.0 Å². The van der Waals surface area contributed by atoms with Crippen molar-refractivity contribution in [2.75, 3.05) is 0 Å². The third-order valence-corrected chi connectivity index (χ3v) is 11.6. The van der Waals surface area contributed by atoms with E-state index in [1.807, 2.05) is 0 Å². The number of aliphatic hydroxyl groups is 3. The number of hydrogen-bond donors (Lipinski definition) is 6. The molecule has 0 saturated carbocycles. The SMILES string of the molecule is CC(=O)C(O)[C@H]1O[C@@H](Oc2[c]([Na])ccc3c2S(=O)(=O)OC3(c2ccc(O)cc2)c2ccc(O)cc2)[C@@](N)(C(C)=O)[C@](O)(C(C)=O)[C@@]1(O)C(C)=O. The summed E-state index contributed by atoms with van der Waals surface area (Å²) in [5.74, 6) is -5.98. The van der Waals surface area contributed by atoms with Crippen LogP contribution in [0.1, 0.15) is 44.4 Å². The van der Waals surface area contributed by atoms with E-state index < -0.39 is 84.7 Å². The number of benzene rings is 3. The Morgan fingerprint density at radius 2 is 1.34 bits per heavy atom. The van der Waals surface area contributed by atoms with Crippen molar-refractivity contribution in [1.82, 2.24) is 0 Å². The van der Waals surface area contributed by atoms with Crippen molar-refractivity contribution in [3.63, 3.8) is 0 Å². The van der Waals surface area contributed by atoms with Gasteiger partial charge in [0.2, 0.25) is 0 Å². The molecule has 0 amide bonds. The molecule has 1 saturated heterocycles. The Bertz CT molecular complexity index is 1990. The van der Waals surface area contributed by atoms with Gasteiger partial charge in [0.05, 0.1) is 0 Å². The molecule has 2 aliphatic heterocycles. The molecular weight excluding hydrogens is 689 g/mol. The van der Waals surface area contributed by atoms with Gasteiger partial charge in [-0.25, -0.2) is 0 Å². The molecule has 2 heterocycles. The van der Waals surface area contributed by atoms with E-state index in [9.17, 15) is 53.1 Å². The zero-order chi connectivity index (χ0) is 37.4. The molecule has 7 N–H and O–H groups in total. The van der Waals surface area contributed by atoms with Crippen molar-refractivity contribution in [2.45, 2.75) is 73.4 Å². The second kappa shape index (κ2) is 12.6. The van der Waals surface area contributed by atoms with Gasteiger partial charge in [-0.3, -0.25) is 0 Å². The van der Waals surface area contributed by atoms with Gasteiger partial charge >= 0.3 is 305 Å². The van der Waals surface area contributed by atoms with E-state index in [4.69, 9.17) is 19.4 Å². The zero-order valence-corrected chi connectivity index (χ0v) is 30.2. The molecule has 1 fully saturated rings. The van der Waals surface area contributed by atoms with Crippen LogP contribution in [0, 0.1) is 0 Å². The van der Waals surface area contributed by atoms with Gasteiger partial charge in [0.15, 0.2) is 0 Å². The second-order valence-electron chi connectivity index (χ2n) is 12.5. The van der Waals surface area contributed by atoms with Crippen molar-refractivity contribution in [1.29, 1.82) is 0 Å². The minimum absolute atomic E-state index is 0.0476. The average molecular weight is 722 g/mol. The van der Waals surface area contributed by atoms with Gasteiger partial charge in [0, 0.05) is 0 Å². The number of aromatic hydroxyl groups is 2. The Morgan fingerprint density at radius 3 is 1.76 bits per heavy atom. The maximum absolute atomic E-state index is 14.2. The Kier molecular flexibility index (Phi) is 9.49. The molecule has 50 heavy (non-hydrogen) atoms. The molecule has 0 bridgehead atoms. The zero-order valence-electron chi connectivity index (χ0n) is 27.4. The number of nitrogens with two attached hydrogens (primary N) is 1. The van der Waals surface area contributed by atoms with Crippen molar-refractivity contribution in [3.05, 3.63) is 77.4 Å². The number of phenolic OH excluding ortho intramolecular Hbond substituents is 2. The predicted molar refractivity (Wildman–Crippen MR) is 171 cm³/mol. The van der Waals surface area contributed by atoms with Gasteiger partial charge in [-0.2, -0.15) is 0 Å². The van der Waals surface area contributed by atoms with Crippen LogP contribution in [0.3, 0.4) is 0 Å². The van der Waals surface area contributed by atoms with Gasteiger partial charge in [-0.15, -0.1) is 0 Å². The van der Waals surface area contributed by atoms with Crippen LogP contribution in [0.25, 0.3) is 0 Å². The van der Waals surface area contributed by atoms with E-state index in [2.05, 4.69) is 0 Å². The molecule has 3 aromatic rings. The molecular formula is C33H32NNaO14S. The van der Waals surface area contributed by atoms with Gasteiger partial charge in [-0.1, -0.05) is 0 Å². The fourth-order valence-electron chi connectivity index (χ4n) is 6.76. The topological polar surface area (TPSA) is 257 Å². The summed E-state index contributed by atoms with van der Waals surface area (Å²) in [7, 11) is -4.86. The molecule has 6 atom stereocenters. The first kappa shape index (κ1) is 37.7. The van der Waals surface area contributed by atoms with E-state index in [1.54, 1.807) is 0 Å². The van der Waals surface area contributed by atoms with E-state index in [1.165, 1.54) is 60.7 Å². The molecule has 5 rings (SSSR count). The molecule has 1 unspecified atom stereocenters. The Labute approximate surface area is 303 Å².